The number of nitrogens with zero attached hydrogens (tertiary/aromatic N) is 1. The van der Waals surface area contributed by atoms with Crippen LogP contribution in [0.5, 0.6) is 0 Å². The Kier molecular flexibility index (Phi) is 15.2. The van der Waals surface area contributed by atoms with Crippen LogP contribution in [0.25, 0.3) is 0 Å². The fourth-order valence-corrected chi connectivity index (χ4v) is 6.21. The molecule has 1 rings (SSSR count). The van der Waals surface area contributed by atoms with Crippen molar-refractivity contribution >= 4 is 61.8 Å². The first-order valence-corrected chi connectivity index (χ1v) is 16.7. The summed E-state index contributed by atoms with van der Waals surface area (Å²) in [5.41, 5.74) is 7.71. The molecule has 0 unspecified atom stereocenters. The quantitative estimate of drug-likeness (QED) is 0.0540. The molecule has 0 aliphatic carbocycles. The molecular formula is C22H37Cl2N5O10P2. The highest BCUT2D eigenvalue weighted by Gasteiger charge is 2.58. The van der Waals surface area contributed by atoms with E-state index in [1.165, 1.54) is 6.92 Å². The molecule has 3 amide bonds. The summed E-state index contributed by atoms with van der Waals surface area (Å²) >= 11 is 11.7. The Morgan fingerprint density at radius 1 is 0.976 bits per heavy atom. The number of nitrogens with two attached hydrogens (primary N) is 1. The molecule has 0 aliphatic heterocycles. The zero-order chi connectivity index (χ0) is 31.4. The monoisotopic (exact) mass is 663 g/mol. The minimum Gasteiger partial charge on any atom is -0.369 e. The summed E-state index contributed by atoms with van der Waals surface area (Å²) in [6.07, 6.45) is -1.19. The Hall–Kier alpha value is -1.77. The number of amides is 3. The summed E-state index contributed by atoms with van der Waals surface area (Å²) in [5, 5.41) is 13.2. The largest absolute Gasteiger partial charge is 0.369 e. The Bertz CT molecular complexity index is 1090. The van der Waals surface area contributed by atoms with Crippen LogP contribution in [0.4, 0.5) is 5.69 Å². The van der Waals surface area contributed by atoms with E-state index in [9.17, 15) is 28.6 Å². The third-order valence-electron chi connectivity index (χ3n) is 5.92. The zero-order valence-corrected chi connectivity index (χ0v) is 25.6. The predicted octanol–water partition coefficient (Wildman–Crippen LogP) is -0.641. The second kappa shape index (κ2) is 16.8. The summed E-state index contributed by atoms with van der Waals surface area (Å²) in [5.74, 6) is -1.14. The van der Waals surface area contributed by atoms with Gasteiger partial charge in [-0.1, -0.05) is 12.1 Å². The molecule has 234 valence electrons. The summed E-state index contributed by atoms with van der Waals surface area (Å²) in [7, 11) is -11.2. The molecule has 0 fully saturated rings. The van der Waals surface area contributed by atoms with Gasteiger partial charge in [-0.05, 0) is 37.5 Å². The second-order valence-corrected chi connectivity index (χ2v) is 13.9. The van der Waals surface area contributed by atoms with E-state index in [1.807, 2.05) is 29.2 Å². The number of nitrogens with one attached hydrogen (secondary N) is 3. The van der Waals surface area contributed by atoms with E-state index in [0.717, 1.165) is 11.3 Å². The lowest BCUT2D eigenvalue weighted by atomic mass is 10.0. The topological polar surface area (TPSA) is 252 Å². The molecule has 19 heteroatoms. The van der Waals surface area contributed by atoms with Gasteiger partial charge in [0.05, 0.1) is 12.6 Å². The van der Waals surface area contributed by atoms with Crippen LogP contribution in [-0.4, -0.2) is 97.5 Å². The van der Waals surface area contributed by atoms with E-state index < -0.39 is 69.5 Å². The molecule has 15 nitrogen and oxygen atoms in total. The van der Waals surface area contributed by atoms with Crippen molar-refractivity contribution in [1.29, 1.82) is 0 Å². The molecule has 41 heavy (non-hydrogen) atoms. The minimum absolute atomic E-state index is 0.201. The number of rotatable bonds is 18. The van der Waals surface area contributed by atoms with Gasteiger partial charge in [0.1, 0.15) is 6.04 Å². The van der Waals surface area contributed by atoms with E-state index in [1.54, 1.807) is 0 Å². The van der Waals surface area contributed by atoms with Gasteiger partial charge in [-0.2, -0.15) is 0 Å². The van der Waals surface area contributed by atoms with Crippen molar-refractivity contribution in [2.45, 2.75) is 43.4 Å². The molecule has 0 bridgehead atoms. The first-order chi connectivity index (χ1) is 19.0. The number of aliphatic hydroxyl groups is 1. The number of benzene rings is 1. The molecular weight excluding hydrogens is 627 g/mol. The van der Waals surface area contributed by atoms with Gasteiger partial charge < -0.3 is 51.3 Å². The lowest BCUT2D eigenvalue weighted by molar-refractivity contribution is -0.130. The van der Waals surface area contributed by atoms with E-state index in [2.05, 4.69) is 16.0 Å². The summed E-state index contributed by atoms with van der Waals surface area (Å²) < 4.78 is 22.6. The average molecular weight is 664 g/mol. The van der Waals surface area contributed by atoms with Crippen molar-refractivity contribution < 1.29 is 48.2 Å². The van der Waals surface area contributed by atoms with E-state index >= 15 is 0 Å². The predicted molar refractivity (Wildman–Crippen MR) is 154 cm³/mol. The molecule has 1 aromatic rings. The minimum atomic E-state index is -5.59. The summed E-state index contributed by atoms with van der Waals surface area (Å²) in [4.78, 5) is 75.1. The lowest BCUT2D eigenvalue weighted by Crippen LogP contribution is -2.52. The van der Waals surface area contributed by atoms with E-state index in [-0.39, 0.29) is 13.0 Å². The summed E-state index contributed by atoms with van der Waals surface area (Å²) in [6, 6.07) is 5.40. The molecule has 2 atom stereocenters. The Labute approximate surface area is 247 Å². The molecule has 0 saturated carbocycles. The SMILES string of the molecule is C[C@H](NC(=O)[C@@H](N)Cc1ccc(N(CCCl)CCCl)cc1)C(=O)NCC(=O)NCCCC(O)(P(=O)(O)O)P(=O)(O)O. The van der Waals surface area contributed by atoms with Crippen LogP contribution >= 0.6 is 38.4 Å². The van der Waals surface area contributed by atoms with Crippen molar-refractivity contribution in [3.05, 3.63) is 29.8 Å². The maximum absolute atomic E-state index is 12.5. The molecule has 0 radical (unpaired) electrons. The zero-order valence-electron chi connectivity index (χ0n) is 22.3. The molecule has 0 aliphatic rings. The average Bonchev–Trinajstić information content (AvgIpc) is 2.88. The fraction of sp³-hybridized carbons (Fsp3) is 0.591. The first kappa shape index (κ1) is 37.3. The normalized spacial score (nSPS) is 13.7. The van der Waals surface area contributed by atoms with E-state index in [4.69, 9.17) is 48.5 Å². The van der Waals surface area contributed by atoms with Crippen LogP contribution in [0.1, 0.15) is 25.3 Å². The molecule has 0 aromatic heterocycles. The third kappa shape index (κ3) is 11.8. The maximum Gasteiger partial charge on any atom is 0.369 e. The van der Waals surface area contributed by atoms with Gasteiger partial charge in [0.25, 0.3) is 5.08 Å². The van der Waals surface area contributed by atoms with Gasteiger partial charge in [-0.3, -0.25) is 23.5 Å². The Balaban J connectivity index is 2.48. The molecule has 0 saturated heterocycles. The highest BCUT2D eigenvalue weighted by Crippen LogP contribution is 2.69. The van der Waals surface area contributed by atoms with Crippen LogP contribution in [0.15, 0.2) is 24.3 Å². The van der Waals surface area contributed by atoms with Crippen molar-refractivity contribution in [3.63, 3.8) is 0 Å². The molecule has 0 heterocycles. The highest BCUT2D eigenvalue weighted by molar-refractivity contribution is 7.72. The first-order valence-electron chi connectivity index (χ1n) is 12.4. The number of carbonyl (C=O) groups is 3. The Morgan fingerprint density at radius 2 is 1.51 bits per heavy atom. The number of alkyl halides is 2. The van der Waals surface area contributed by atoms with Crippen molar-refractivity contribution in [2.24, 2.45) is 5.73 Å². The molecule has 1 aromatic carbocycles. The Morgan fingerprint density at radius 3 is 2.00 bits per heavy atom. The van der Waals surface area contributed by atoms with Crippen LogP contribution in [-0.2, 0) is 29.9 Å². The number of hydrogen-bond donors (Lipinski definition) is 9. The van der Waals surface area contributed by atoms with Gasteiger partial charge in [0.15, 0.2) is 0 Å². The standard InChI is InChI=1S/C22H37Cl2N5O10P2/c1-15(20(31)27-14-19(30)26-10-2-7-22(33,40(34,35)36)41(37,38)39)28-21(32)18(25)13-16-3-5-17(6-4-16)29(11-8-23)12-9-24/h3-6,15,18,33H,2,7-14,25H2,1H3,(H,26,30)(H,27,31)(H,28,32)(H2,34,35,36)(H2,37,38,39)/t15-,18-/m0/s1. The van der Waals surface area contributed by atoms with Crippen LogP contribution < -0.4 is 26.6 Å². The summed E-state index contributed by atoms with van der Waals surface area (Å²) in [6.45, 7) is 1.81. The van der Waals surface area contributed by atoms with E-state index in [0.29, 0.717) is 24.8 Å². The number of carbonyl (C=O) groups excluding carboxylic acids is 3. The molecule has 0 spiro atoms. The van der Waals surface area contributed by atoms with Gasteiger partial charge >= 0.3 is 15.2 Å². The highest BCUT2D eigenvalue weighted by atomic mass is 35.5. The van der Waals surface area contributed by atoms with Crippen LogP contribution in [0.2, 0.25) is 0 Å². The van der Waals surface area contributed by atoms with Crippen LogP contribution in [0, 0.1) is 0 Å². The van der Waals surface area contributed by atoms with Gasteiger partial charge in [-0.15, -0.1) is 23.2 Å². The van der Waals surface area contributed by atoms with Gasteiger partial charge in [0.2, 0.25) is 17.7 Å². The number of hydrogen-bond acceptors (Lipinski definition) is 8. The smallest absolute Gasteiger partial charge is 0.369 e. The molecule has 10 N–H and O–H groups in total. The number of halogens is 2. The van der Waals surface area contributed by atoms with Crippen LogP contribution in [0.3, 0.4) is 0 Å². The number of anilines is 1. The maximum atomic E-state index is 12.5. The fourth-order valence-electron chi connectivity index (χ4n) is 3.55. The van der Waals surface area contributed by atoms with Crippen molar-refractivity contribution in [2.75, 3.05) is 42.8 Å². The van der Waals surface area contributed by atoms with Gasteiger partial charge in [0, 0.05) is 43.5 Å². The lowest BCUT2D eigenvalue weighted by Gasteiger charge is -2.29. The third-order valence-corrected chi connectivity index (χ3v) is 10.1. The van der Waals surface area contributed by atoms with Crippen molar-refractivity contribution in [3.8, 4) is 0 Å². The van der Waals surface area contributed by atoms with Gasteiger partial charge in [-0.25, -0.2) is 0 Å². The van der Waals surface area contributed by atoms with Crippen molar-refractivity contribution in [1.82, 2.24) is 16.0 Å². The second-order valence-electron chi connectivity index (χ2n) is 9.11.